The van der Waals surface area contributed by atoms with Gasteiger partial charge in [0, 0.05) is 6.42 Å². The van der Waals surface area contributed by atoms with Gasteiger partial charge in [-0.1, -0.05) is 36.4 Å². The molecule has 0 unspecified atom stereocenters. The van der Waals surface area contributed by atoms with Gasteiger partial charge in [-0.05, 0) is 18.6 Å². The summed E-state index contributed by atoms with van der Waals surface area (Å²) in [7, 11) is 0. The molecule has 0 aromatic heterocycles. The van der Waals surface area contributed by atoms with Crippen LogP contribution in [-0.2, 0) is 4.79 Å². The fourth-order valence-corrected chi connectivity index (χ4v) is 1.11. The lowest BCUT2D eigenvalue weighted by atomic mass is 10.1. The van der Waals surface area contributed by atoms with Crippen LogP contribution in [0.4, 0.5) is 0 Å². The maximum Gasteiger partial charge on any atom is 0.158 e. The largest absolute Gasteiger partial charge is 0.393 e. The Morgan fingerprint density at radius 2 is 2.07 bits per heavy atom. The van der Waals surface area contributed by atoms with E-state index in [4.69, 9.17) is 5.11 Å². The SMILES string of the molecule is C[C@@H](O)CC(=O)/C=C/c1ccccc1. The summed E-state index contributed by atoms with van der Waals surface area (Å²) in [5.74, 6) is -0.0520. The molecule has 0 aliphatic heterocycles. The summed E-state index contributed by atoms with van der Waals surface area (Å²) in [4.78, 5) is 11.2. The van der Waals surface area contributed by atoms with Crippen LogP contribution >= 0.6 is 0 Å². The van der Waals surface area contributed by atoms with E-state index >= 15 is 0 Å². The first-order chi connectivity index (χ1) is 6.68. The van der Waals surface area contributed by atoms with Crippen molar-refractivity contribution in [3.63, 3.8) is 0 Å². The van der Waals surface area contributed by atoms with Crippen LogP contribution in [-0.4, -0.2) is 17.0 Å². The third-order valence-electron chi connectivity index (χ3n) is 1.76. The highest BCUT2D eigenvalue weighted by atomic mass is 16.3. The van der Waals surface area contributed by atoms with Crippen molar-refractivity contribution in [2.45, 2.75) is 19.4 Å². The molecule has 0 fully saturated rings. The number of carbonyl (C=O) groups excluding carboxylic acids is 1. The molecule has 0 heterocycles. The Balaban J connectivity index is 2.52. The number of benzene rings is 1. The molecule has 1 aromatic rings. The molecule has 1 atom stereocenters. The average Bonchev–Trinajstić information content (AvgIpc) is 2.15. The van der Waals surface area contributed by atoms with Crippen molar-refractivity contribution < 1.29 is 9.90 Å². The molecule has 1 N–H and O–H groups in total. The van der Waals surface area contributed by atoms with E-state index in [-0.39, 0.29) is 12.2 Å². The minimum atomic E-state index is -0.567. The van der Waals surface area contributed by atoms with E-state index in [9.17, 15) is 4.79 Å². The molecular formula is C12H14O2. The summed E-state index contributed by atoms with van der Waals surface area (Å²) in [6.07, 6.45) is 2.87. The summed E-state index contributed by atoms with van der Waals surface area (Å²) in [5, 5.41) is 8.97. The predicted octanol–water partition coefficient (Wildman–Crippen LogP) is 2.04. The molecule has 0 aliphatic rings. The topological polar surface area (TPSA) is 37.3 Å². The Morgan fingerprint density at radius 3 is 2.64 bits per heavy atom. The van der Waals surface area contributed by atoms with Crippen molar-refractivity contribution in [3.8, 4) is 0 Å². The van der Waals surface area contributed by atoms with Gasteiger partial charge in [0.2, 0.25) is 0 Å². The summed E-state index contributed by atoms with van der Waals surface area (Å²) in [6, 6.07) is 9.60. The molecule has 74 valence electrons. The molecule has 2 nitrogen and oxygen atoms in total. The summed E-state index contributed by atoms with van der Waals surface area (Å²) < 4.78 is 0. The molecule has 2 heteroatoms. The number of ketones is 1. The molecule has 0 bridgehead atoms. The van der Waals surface area contributed by atoms with E-state index in [1.807, 2.05) is 30.3 Å². The van der Waals surface area contributed by atoms with Gasteiger partial charge in [0.15, 0.2) is 5.78 Å². The molecule has 0 saturated heterocycles. The molecule has 0 saturated carbocycles. The second kappa shape index (κ2) is 5.35. The number of carbonyl (C=O) groups is 1. The first-order valence-corrected chi connectivity index (χ1v) is 4.62. The first kappa shape index (κ1) is 10.7. The van der Waals surface area contributed by atoms with Crippen LogP contribution in [0.25, 0.3) is 6.08 Å². The average molecular weight is 190 g/mol. The number of aliphatic hydroxyl groups excluding tert-OH is 1. The van der Waals surface area contributed by atoms with E-state index in [0.717, 1.165) is 5.56 Å². The van der Waals surface area contributed by atoms with Gasteiger partial charge < -0.3 is 5.11 Å². The Bertz CT molecular complexity index is 312. The normalized spacial score (nSPS) is 13.0. The lowest BCUT2D eigenvalue weighted by molar-refractivity contribution is -0.116. The summed E-state index contributed by atoms with van der Waals surface area (Å²) in [5.41, 5.74) is 0.992. The van der Waals surface area contributed by atoms with E-state index < -0.39 is 6.10 Å². The second-order valence-corrected chi connectivity index (χ2v) is 3.26. The number of aliphatic hydroxyl groups is 1. The third kappa shape index (κ3) is 4.01. The Kier molecular flexibility index (Phi) is 4.08. The zero-order chi connectivity index (χ0) is 10.4. The molecule has 0 amide bonds. The minimum absolute atomic E-state index is 0.0520. The van der Waals surface area contributed by atoms with E-state index in [1.165, 1.54) is 6.08 Å². The highest BCUT2D eigenvalue weighted by Gasteiger charge is 2.01. The zero-order valence-corrected chi connectivity index (χ0v) is 8.18. The number of allylic oxidation sites excluding steroid dienone is 1. The lowest BCUT2D eigenvalue weighted by Gasteiger charge is -1.98. The number of hydrogen-bond donors (Lipinski definition) is 1. The highest BCUT2D eigenvalue weighted by Crippen LogP contribution is 2.02. The van der Waals surface area contributed by atoms with Gasteiger partial charge in [-0.3, -0.25) is 4.79 Å². The van der Waals surface area contributed by atoms with Crippen LogP contribution in [0.1, 0.15) is 18.9 Å². The third-order valence-corrected chi connectivity index (χ3v) is 1.76. The smallest absolute Gasteiger partial charge is 0.158 e. The zero-order valence-electron chi connectivity index (χ0n) is 8.18. The molecule has 1 aromatic carbocycles. The predicted molar refractivity (Wildman–Crippen MR) is 56.8 cm³/mol. The van der Waals surface area contributed by atoms with E-state index in [2.05, 4.69) is 0 Å². The van der Waals surface area contributed by atoms with Crippen LogP contribution in [0.5, 0.6) is 0 Å². The van der Waals surface area contributed by atoms with Crippen LogP contribution in [0.2, 0.25) is 0 Å². The van der Waals surface area contributed by atoms with E-state index in [1.54, 1.807) is 13.0 Å². The maximum atomic E-state index is 11.2. The molecule has 14 heavy (non-hydrogen) atoms. The van der Waals surface area contributed by atoms with Gasteiger partial charge in [0.25, 0.3) is 0 Å². The highest BCUT2D eigenvalue weighted by molar-refractivity contribution is 5.93. The maximum absolute atomic E-state index is 11.2. The van der Waals surface area contributed by atoms with Crippen molar-refractivity contribution >= 4 is 11.9 Å². The van der Waals surface area contributed by atoms with Crippen molar-refractivity contribution in [1.29, 1.82) is 0 Å². The van der Waals surface area contributed by atoms with Gasteiger partial charge in [0.05, 0.1) is 6.10 Å². The van der Waals surface area contributed by atoms with Gasteiger partial charge in [0.1, 0.15) is 0 Å². The first-order valence-electron chi connectivity index (χ1n) is 4.62. The minimum Gasteiger partial charge on any atom is -0.393 e. The fourth-order valence-electron chi connectivity index (χ4n) is 1.11. The van der Waals surface area contributed by atoms with Gasteiger partial charge >= 0.3 is 0 Å². The second-order valence-electron chi connectivity index (χ2n) is 3.26. The van der Waals surface area contributed by atoms with Crippen LogP contribution in [0.15, 0.2) is 36.4 Å². The fraction of sp³-hybridized carbons (Fsp3) is 0.250. The van der Waals surface area contributed by atoms with E-state index in [0.29, 0.717) is 0 Å². The van der Waals surface area contributed by atoms with Gasteiger partial charge in [-0.25, -0.2) is 0 Å². The van der Waals surface area contributed by atoms with Crippen molar-refractivity contribution in [2.24, 2.45) is 0 Å². The van der Waals surface area contributed by atoms with Crippen LogP contribution < -0.4 is 0 Å². The number of hydrogen-bond acceptors (Lipinski definition) is 2. The lowest BCUT2D eigenvalue weighted by Crippen LogP contribution is -2.06. The van der Waals surface area contributed by atoms with Crippen molar-refractivity contribution in [1.82, 2.24) is 0 Å². The molecule has 1 rings (SSSR count). The summed E-state index contributed by atoms with van der Waals surface area (Å²) in [6.45, 7) is 1.61. The Hall–Kier alpha value is -1.41. The van der Waals surface area contributed by atoms with Crippen LogP contribution in [0.3, 0.4) is 0 Å². The van der Waals surface area contributed by atoms with Gasteiger partial charge in [-0.15, -0.1) is 0 Å². The quantitative estimate of drug-likeness (QED) is 0.738. The molecule has 0 spiro atoms. The molecular weight excluding hydrogens is 176 g/mol. The Morgan fingerprint density at radius 1 is 1.43 bits per heavy atom. The van der Waals surface area contributed by atoms with Crippen molar-refractivity contribution in [3.05, 3.63) is 42.0 Å². The standard InChI is InChI=1S/C12H14O2/c1-10(13)9-12(14)8-7-11-5-3-2-4-6-11/h2-8,10,13H,9H2,1H3/b8-7+/t10-/m1/s1. The molecule has 0 radical (unpaired) electrons. The van der Waals surface area contributed by atoms with Crippen LogP contribution in [0, 0.1) is 0 Å². The number of rotatable bonds is 4. The van der Waals surface area contributed by atoms with Crippen molar-refractivity contribution in [2.75, 3.05) is 0 Å². The summed E-state index contributed by atoms with van der Waals surface area (Å²) >= 11 is 0. The van der Waals surface area contributed by atoms with Gasteiger partial charge in [-0.2, -0.15) is 0 Å². The Labute approximate surface area is 83.9 Å². The monoisotopic (exact) mass is 190 g/mol. The molecule has 0 aliphatic carbocycles.